The molecule has 1 atom stereocenters. The van der Waals surface area contributed by atoms with Crippen molar-refractivity contribution in [3.8, 4) is 0 Å². The number of nitrogens with zero attached hydrogens (tertiary/aromatic N) is 3. The van der Waals surface area contributed by atoms with Crippen LogP contribution in [0.1, 0.15) is 37.3 Å². The highest BCUT2D eigenvalue weighted by molar-refractivity contribution is 5.98. The third-order valence-corrected chi connectivity index (χ3v) is 3.89. The molecule has 3 rings (SSSR count). The molecular weight excluding hydrogens is 282 g/mol. The molecule has 1 saturated heterocycles. The molecule has 1 aliphatic heterocycles. The number of amides is 1. The summed E-state index contributed by atoms with van der Waals surface area (Å²) in [5.41, 5.74) is 1.99. The highest BCUT2D eigenvalue weighted by Crippen LogP contribution is 2.27. The standard InChI is InChI=1S/C16H19N3O3/c1-3-4-14-17-19(16(21)22-14)13-9-10-18(15(13)20)12-7-5-11(2)6-8-12/h5-8,13H,3-4,9-10H2,1-2H3/t13-/m1/s1. The molecule has 0 N–H and O–H groups in total. The lowest BCUT2D eigenvalue weighted by Crippen LogP contribution is -2.31. The minimum absolute atomic E-state index is 0.109. The lowest BCUT2D eigenvalue weighted by Gasteiger charge is -2.16. The van der Waals surface area contributed by atoms with Crippen molar-refractivity contribution in [2.75, 3.05) is 11.4 Å². The summed E-state index contributed by atoms with van der Waals surface area (Å²) in [4.78, 5) is 26.2. The van der Waals surface area contributed by atoms with E-state index in [2.05, 4.69) is 5.10 Å². The van der Waals surface area contributed by atoms with Gasteiger partial charge in [0.05, 0.1) is 0 Å². The number of hydrogen-bond donors (Lipinski definition) is 0. The molecule has 22 heavy (non-hydrogen) atoms. The van der Waals surface area contributed by atoms with Gasteiger partial charge in [-0.15, -0.1) is 5.10 Å². The number of carbonyl (C=O) groups excluding carboxylic acids is 1. The predicted molar refractivity (Wildman–Crippen MR) is 81.9 cm³/mol. The molecule has 6 nitrogen and oxygen atoms in total. The van der Waals surface area contributed by atoms with E-state index in [9.17, 15) is 9.59 Å². The van der Waals surface area contributed by atoms with Gasteiger partial charge in [-0.3, -0.25) is 4.79 Å². The summed E-state index contributed by atoms with van der Waals surface area (Å²) in [6, 6.07) is 7.21. The minimum Gasteiger partial charge on any atom is -0.392 e. The van der Waals surface area contributed by atoms with Crippen LogP contribution in [0.25, 0.3) is 0 Å². The molecule has 1 aromatic carbocycles. The summed E-state index contributed by atoms with van der Waals surface area (Å²) in [7, 11) is 0. The molecule has 1 aliphatic rings. The van der Waals surface area contributed by atoms with Crippen molar-refractivity contribution in [2.45, 2.75) is 39.2 Å². The molecule has 0 bridgehead atoms. The molecule has 2 heterocycles. The maximum absolute atomic E-state index is 12.6. The smallest absolute Gasteiger partial charge is 0.392 e. The number of anilines is 1. The third-order valence-electron chi connectivity index (χ3n) is 3.89. The number of hydrogen-bond acceptors (Lipinski definition) is 4. The van der Waals surface area contributed by atoms with Gasteiger partial charge in [0, 0.05) is 18.7 Å². The zero-order valence-electron chi connectivity index (χ0n) is 12.8. The van der Waals surface area contributed by atoms with Gasteiger partial charge in [0.25, 0.3) is 5.91 Å². The second kappa shape index (κ2) is 5.79. The van der Waals surface area contributed by atoms with Crippen LogP contribution < -0.4 is 10.7 Å². The van der Waals surface area contributed by atoms with E-state index in [0.717, 1.165) is 17.7 Å². The maximum Gasteiger partial charge on any atom is 0.437 e. The van der Waals surface area contributed by atoms with E-state index in [1.807, 2.05) is 38.1 Å². The van der Waals surface area contributed by atoms with E-state index in [0.29, 0.717) is 25.3 Å². The molecule has 1 amide bonds. The van der Waals surface area contributed by atoms with Crippen LogP contribution in [0, 0.1) is 6.92 Å². The van der Waals surface area contributed by atoms with Crippen molar-refractivity contribution in [3.05, 3.63) is 46.3 Å². The van der Waals surface area contributed by atoms with Crippen LogP contribution in [-0.2, 0) is 11.2 Å². The SMILES string of the molecule is CCCc1nn([C@@H]2CCN(c3ccc(C)cc3)C2=O)c(=O)o1. The van der Waals surface area contributed by atoms with Gasteiger partial charge in [0.1, 0.15) is 6.04 Å². The molecule has 2 aromatic rings. The van der Waals surface area contributed by atoms with Gasteiger partial charge in [-0.1, -0.05) is 24.6 Å². The Morgan fingerprint density at radius 1 is 1.27 bits per heavy atom. The first kappa shape index (κ1) is 14.6. The lowest BCUT2D eigenvalue weighted by atomic mass is 10.2. The molecule has 1 aromatic heterocycles. The van der Waals surface area contributed by atoms with Crippen molar-refractivity contribution in [1.82, 2.24) is 9.78 Å². The maximum atomic E-state index is 12.6. The van der Waals surface area contributed by atoms with E-state index in [1.165, 1.54) is 4.68 Å². The number of benzene rings is 1. The number of aryl methyl sites for hydroxylation is 2. The van der Waals surface area contributed by atoms with Crippen LogP contribution in [0.15, 0.2) is 33.5 Å². The van der Waals surface area contributed by atoms with Crippen LogP contribution in [0.3, 0.4) is 0 Å². The highest BCUT2D eigenvalue weighted by atomic mass is 16.4. The van der Waals surface area contributed by atoms with Crippen LogP contribution in [0.5, 0.6) is 0 Å². The summed E-state index contributed by atoms with van der Waals surface area (Å²) >= 11 is 0. The first-order valence-electron chi connectivity index (χ1n) is 7.56. The number of rotatable bonds is 4. The topological polar surface area (TPSA) is 68.3 Å². The molecule has 1 fully saturated rings. The average molecular weight is 301 g/mol. The minimum atomic E-state index is -0.567. The first-order valence-corrected chi connectivity index (χ1v) is 7.56. The van der Waals surface area contributed by atoms with E-state index >= 15 is 0 Å². The Morgan fingerprint density at radius 2 is 2.00 bits per heavy atom. The van der Waals surface area contributed by atoms with Gasteiger partial charge in [0.2, 0.25) is 5.89 Å². The Balaban J connectivity index is 1.84. The summed E-state index contributed by atoms with van der Waals surface area (Å²) < 4.78 is 6.29. The van der Waals surface area contributed by atoms with Crippen LogP contribution in [0.4, 0.5) is 5.69 Å². The Labute approximate surface area is 128 Å². The van der Waals surface area contributed by atoms with Gasteiger partial charge in [-0.25, -0.2) is 4.79 Å². The predicted octanol–water partition coefficient (Wildman–Crippen LogP) is 2.08. The summed E-state index contributed by atoms with van der Waals surface area (Å²) in [6.45, 7) is 4.57. The second-order valence-corrected chi connectivity index (χ2v) is 5.59. The zero-order chi connectivity index (χ0) is 15.7. The van der Waals surface area contributed by atoms with Gasteiger partial charge >= 0.3 is 5.76 Å². The second-order valence-electron chi connectivity index (χ2n) is 5.59. The van der Waals surface area contributed by atoms with E-state index in [1.54, 1.807) is 4.90 Å². The fourth-order valence-electron chi connectivity index (χ4n) is 2.71. The third kappa shape index (κ3) is 2.56. The highest BCUT2D eigenvalue weighted by Gasteiger charge is 2.36. The Bertz CT molecular complexity index is 730. The van der Waals surface area contributed by atoms with Crippen molar-refractivity contribution in [3.63, 3.8) is 0 Å². The van der Waals surface area contributed by atoms with E-state index in [4.69, 9.17) is 4.42 Å². The Hall–Kier alpha value is -2.37. The molecule has 116 valence electrons. The average Bonchev–Trinajstić information content (AvgIpc) is 3.03. The van der Waals surface area contributed by atoms with Crippen LogP contribution >= 0.6 is 0 Å². The zero-order valence-corrected chi connectivity index (χ0v) is 12.8. The fourth-order valence-corrected chi connectivity index (χ4v) is 2.71. The quantitative estimate of drug-likeness (QED) is 0.867. The van der Waals surface area contributed by atoms with Crippen LogP contribution in [-0.4, -0.2) is 22.2 Å². The fraction of sp³-hybridized carbons (Fsp3) is 0.438. The van der Waals surface area contributed by atoms with Crippen molar-refractivity contribution in [1.29, 1.82) is 0 Å². The molecule has 6 heteroatoms. The van der Waals surface area contributed by atoms with Gasteiger partial charge in [-0.05, 0) is 31.9 Å². The van der Waals surface area contributed by atoms with Crippen molar-refractivity contribution < 1.29 is 9.21 Å². The largest absolute Gasteiger partial charge is 0.437 e. The molecule has 0 aliphatic carbocycles. The summed E-state index contributed by atoms with van der Waals surface area (Å²) in [5.74, 6) is -0.260. The monoisotopic (exact) mass is 301 g/mol. The van der Waals surface area contributed by atoms with E-state index < -0.39 is 11.8 Å². The van der Waals surface area contributed by atoms with Gasteiger partial charge in [0.15, 0.2) is 0 Å². The summed E-state index contributed by atoms with van der Waals surface area (Å²) in [6.07, 6.45) is 2.00. The molecule has 0 spiro atoms. The van der Waals surface area contributed by atoms with Crippen molar-refractivity contribution in [2.24, 2.45) is 0 Å². The Morgan fingerprint density at radius 3 is 2.68 bits per heavy atom. The number of aromatic nitrogens is 2. The number of carbonyl (C=O) groups is 1. The first-order chi connectivity index (χ1) is 10.6. The van der Waals surface area contributed by atoms with Crippen LogP contribution in [0.2, 0.25) is 0 Å². The normalized spacial score (nSPS) is 18.2. The van der Waals surface area contributed by atoms with Gasteiger partial charge in [-0.2, -0.15) is 4.68 Å². The molecular formula is C16H19N3O3. The molecule has 0 unspecified atom stereocenters. The van der Waals surface area contributed by atoms with Crippen molar-refractivity contribution >= 4 is 11.6 Å². The van der Waals surface area contributed by atoms with Gasteiger partial charge < -0.3 is 9.32 Å². The summed E-state index contributed by atoms with van der Waals surface area (Å²) in [5, 5.41) is 4.16. The molecule has 0 radical (unpaired) electrons. The Kier molecular flexibility index (Phi) is 3.83. The molecule has 0 saturated carbocycles. The van der Waals surface area contributed by atoms with E-state index in [-0.39, 0.29) is 5.91 Å². The lowest BCUT2D eigenvalue weighted by molar-refractivity contribution is -0.120.